The molecule has 0 fully saturated rings. The molecule has 1 aliphatic rings. The molecule has 4 rings (SSSR count). The number of fused-ring (bicyclic) bond motifs is 2. The van der Waals surface area contributed by atoms with Gasteiger partial charge in [0.25, 0.3) is 5.91 Å². The fraction of sp³-hybridized carbons (Fsp3) is 0.176. The van der Waals surface area contributed by atoms with Crippen LogP contribution in [0.25, 0.3) is 10.2 Å². The summed E-state index contributed by atoms with van der Waals surface area (Å²) in [7, 11) is 0. The van der Waals surface area contributed by atoms with Crippen molar-refractivity contribution in [2.45, 2.75) is 6.92 Å². The molecular formula is C17H14N2O3S. The third kappa shape index (κ3) is 2.73. The largest absolute Gasteiger partial charge is 0.486 e. The van der Waals surface area contributed by atoms with E-state index in [1.165, 1.54) is 16.9 Å². The lowest BCUT2D eigenvalue weighted by atomic mass is 10.2. The number of aromatic nitrogens is 1. The number of carbonyl (C=O) groups is 1. The van der Waals surface area contributed by atoms with Crippen LogP contribution >= 0.6 is 11.3 Å². The molecular weight excluding hydrogens is 312 g/mol. The molecule has 0 aliphatic carbocycles. The molecule has 1 N–H and O–H groups in total. The first-order chi connectivity index (χ1) is 11.2. The lowest BCUT2D eigenvalue weighted by Gasteiger charge is -2.18. The van der Waals surface area contributed by atoms with Crippen molar-refractivity contribution in [1.29, 1.82) is 0 Å². The van der Waals surface area contributed by atoms with Gasteiger partial charge in [0, 0.05) is 5.56 Å². The second-order valence-electron chi connectivity index (χ2n) is 5.30. The third-order valence-electron chi connectivity index (χ3n) is 3.57. The fourth-order valence-electron chi connectivity index (χ4n) is 2.44. The van der Waals surface area contributed by atoms with Crippen LogP contribution in [0.2, 0.25) is 0 Å². The molecule has 1 amide bonds. The number of benzene rings is 2. The van der Waals surface area contributed by atoms with Gasteiger partial charge in [0.2, 0.25) is 0 Å². The maximum atomic E-state index is 12.4. The number of anilines is 1. The molecule has 1 aliphatic heterocycles. The van der Waals surface area contributed by atoms with Crippen LogP contribution in [0, 0.1) is 6.92 Å². The van der Waals surface area contributed by atoms with E-state index in [1.54, 1.807) is 18.2 Å². The Hall–Kier alpha value is -2.60. The maximum absolute atomic E-state index is 12.4. The molecule has 2 heterocycles. The Morgan fingerprint density at radius 1 is 1.13 bits per heavy atom. The summed E-state index contributed by atoms with van der Waals surface area (Å²) < 4.78 is 12.0. The van der Waals surface area contributed by atoms with E-state index in [0.29, 0.717) is 35.4 Å². The number of nitrogens with one attached hydrogen (secondary N) is 1. The van der Waals surface area contributed by atoms with Gasteiger partial charge in [0.05, 0.1) is 10.2 Å². The number of ether oxygens (including phenoxy) is 2. The monoisotopic (exact) mass is 326 g/mol. The zero-order chi connectivity index (χ0) is 15.8. The molecule has 6 heteroatoms. The van der Waals surface area contributed by atoms with E-state index >= 15 is 0 Å². The van der Waals surface area contributed by atoms with E-state index in [0.717, 1.165) is 10.2 Å². The van der Waals surface area contributed by atoms with Crippen LogP contribution in [-0.2, 0) is 0 Å². The van der Waals surface area contributed by atoms with Crippen LogP contribution in [0.15, 0.2) is 36.4 Å². The first kappa shape index (κ1) is 14.0. The van der Waals surface area contributed by atoms with Crippen molar-refractivity contribution in [2.75, 3.05) is 18.5 Å². The summed E-state index contributed by atoms with van der Waals surface area (Å²) in [6.45, 7) is 3.06. The summed E-state index contributed by atoms with van der Waals surface area (Å²) in [5, 5.41) is 3.43. The molecule has 1 aromatic heterocycles. The Morgan fingerprint density at radius 2 is 1.96 bits per heavy atom. The highest BCUT2D eigenvalue weighted by molar-refractivity contribution is 7.22. The quantitative estimate of drug-likeness (QED) is 0.781. The number of aryl methyl sites for hydroxylation is 1. The van der Waals surface area contributed by atoms with Gasteiger partial charge in [-0.3, -0.25) is 10.1 Å². The number of nitrogens with zero attached hydrogens (tertiary/aromatic N) is 1. The molecule has 2 aromatic carbocycles. The summed E-state index contributed by atoms with van der Waals surface area (Å²) >= 11 is 1.46. The van der Waals surface area contributed by atoms with E-state index in [-0.39, 0.29) is 5.91 Å². The predicted molar refractivity (Wildman–Crippen MR) is 89.7 cm³/mol. The van der Waals surface area contributed by atoms with E-state index < -0.39 is 0 Å². The Morgan fingerprint density at radius 3 is 2.83 bits per heavy atom. The number of hydrogen-bond donors (Lipinski definition) is 1. The van der Waals surface area contributed by atoms with Crippen LogP contribution in [0.1, 0.15) is 15.9 Å². The van der Waals surface area contributed by atoms with Crippen LogP contribution in [-0.4, -0.2) is 24.1 Å². The van der Waals surface area contributed by atoms with Crippen molar-refractivity contribution in [3.05, 3.63) is 47.5 Å². The van der Waals surface area contributed by atoms with Gasteiger partial charge in [0.1, 0.15) is 13.2 Å². The minimum absolute atomic E-state index is 0.210. The Labute approximate surface area is 136 Å². The molecule has 0 saturated heterocycles. The number of amides is 1. The zero-order valence-electron chi connectivity index (χ0n) is 12.5. The van der Waals surface area contributed by atoms with Crippen LogP contribution < -0.4 is 14.8 Å². The van der Waals surface area contributed by atoms with Gasteiger partial charge in [-0.05, 0) is 42.8 Å². The highest BCUT2D eigenvalue weighted by Gasteiger charge is 2.16. The molecule has 3 aromatic rings. The average molecular weight is 326 g/mol. The topological polar surface area (TPSA) is 60.5 Å². The summed E-state index contributed by atoms with van der Waals surface area (Å²) in [6, 6.07) is 11.2. The Bertz CT molecular complexity index is 904. The Balaban J connectivity index is 1.58. The summed E-state index contributed by atoms with van der Waals surface area (Å²) in [5.41, 5.74) is 2.58. The van der Waals surface area contributed by atoms with E-state index in [1.807, 2.05) is 19.1 Å². The second kappa shape index (κ2) is 5.55. The van der Waals surface area contributed by atoms with Crippen LogP contribution in [0.4, 0.5) is 5.13 Å². The zero-order valence-corrected chi connectivity index (χ0v) is 13.3. The van der Waals surface area contributed by atoms with Crippen LogP contribution in [0.5, 0.6) is 11.5 Å². The molecule has 0 atom stereocenters. The molecule has 5 nitrogen and oxygen atoms in total. The van der Waals surface area contributed by atoms with Gasteiger partial charge in [-0.1, -0.05) is 17.4 Å². The Kier molecular flexibility index (Phi) is 3.38. The molecule has 0 unspecified atom stereocenters. The number of rotatable bonds is 2. The van der Waals surface area contributed by atoms with Gasteiger partial charge in [-0.25, -0.2) is 4.98 Å². The number of carbonyl (C=O) groups excluding carboxylic acids is 1. The first-order valence-corrected chi connectivity index (χ1v) is 8.09. The minimum atomic E-state index is -0.210. The van der Waals surface area contributed by atoms with Gasteiger partial charge >= 0.3 is 0 Å². The standard InChI is InChI=1S/C17H14N2O3S/c1-10-2-4-12-15(8-10)23-17(18-12)19-16(20)11-3-5-13-14(9-11)22-7-6-21-13/h2-5,8-9H,6-7H2,1H3,(H,18,19,20). The molecule has 0 bridgehead atoms. The van der Waals surface area contributed by atoms with Crippen LogP contribution in [0.3, 0.4) is 0 Å². The number of hydrogen-bond acceptors (Lipinski definition) is 5. The summed E-state index contributed by atoms with van der Waals surface area (Å²) in [4.78, 5) is 16.8. The summed E-state index contributed by atoms with van der Waals surface area (Å²) in [6.07, 6.45) is 0. The van der Waals surface area contributed by atoms with E-state index in [9.17, 15) is 4.79 Å². The highest BCUT2D eigenvalue weighted by atomic mass is 32.1. The SMILES string of the molecule is Cc1ccc2nc(NC(=O)c3ccc4c(c3)OCCO4)sc2c1. The molecule has 0 spiro atoms. The van der Waals surface area contributed by atoms with E-state index in [2.05, 4.69) is 16.4 Å². The molecule has 116 valence electrons. The van der Waals surface area contributed by atoms with Crippen molar-refractivity contribution in [2.24, 2.45) is 0 Å². The fourth-order valence-corrected chi connectivity index (χ4v) is 3.40. The highest BCUT2D eigenvalue weighted by Crippen LogP contribution is 2.31. The molecule has 0 saturated carbocycles. The lowest BCUT2D eigenvalue weighted by Crippen LogP contribution is -2.17. The number of thiazole rings is 1. The smallest absolute Gasteiger partial charge is 0.257 e. The normalized spacial score (nSPS) is 13.1. The van der Waals surface area contributed by atoms with Crippen molar-refractivity contribution in [1.82, 2.24) is 4.98 Å². The maximum Gasteiger partial charge on any atom is 0.257 e. The van der Waals surface area contributed by atoms with Gasteiger partial charge in [-0.15, -0.1) is 0 Å². The van der Waals surface area contributed by atoms with Crippen molar-refractivity contribution < 1.29 is 14.3 Å². The second-order valence-corrected chi connectivity index (χ2v) is 6.33. The van der Waals surface area contributed by atoms with Gasteiger partial charge in [0.15, 0.2) is 16.6 Å². The van der Waals surface area contributed by atoms with Gasteiger partial charge < -0.3 is 9.47 Å². The van der Waals surface area contributed by atoms with Crippen molar-refractivity contribution >= 4 is 32.6 Å². The molecule has 0 radical (unpaired) electrons. The predicted octanol–water partition coefficient (Wildman–Crippen LogP) is 3.63. The summed E-state index contributed by atoms with van der Waals surface area (Å²) in [5.74, 6) is 1.06. The van der Waals surface area contributed by atoms with Crippen molar-refractivity contribution in [3.63, 3.8) is 0 Å². The minimum Gasteiger partial charge on any atom is -0.486 e. The van der Waals surface area contributed by atoms with Gasteiger partial charge in [-0.2, -0.15) is 0 Å². The lowest BCUT2D eigenvalue weighted by molar-refractivity contribution is 0.102. The average Bonchev–Trinajstić information content (AvgIpc) is 2.95. The van der Waals surface area contributed by atoms with Crippen molar-refractivity contribution in [3.8, 4) is 11.5 Å². The third-order valence-corrected chi connectivity index (χ3v) is 4.50. The van der Waals surface area contributed by atoms with E-state index in [4.69, 9.17) is 9.47 Å². The first-order valence-electron chi connectivity index (χ1n) is 7.27. The molecule has 23 heavy (non-hydrogen) atoms.